The Kier molecular flexibility index (Phi) is 4.55. The highest BCUT2D eigenvalue weighted by atomic mass is 32.2. The fraction of sp³-hybridized carbons (Fsp3) is 0.400. The lowest BCUT2D eigenvalue weighted by Gasteiger charge is -2.12. The van der Waals surface area contributed by atoms with Gasteiger partial charge in [0.15, 0.2) is 0 Å². The van der Waals surface area contributed by atoms with Gasteiger partial charge >= 0.3 is 0 Å². The summed E-state index contributed by atoms with van der Waals surface area (Å²) in [6.07, 6.45) is 1.62. The molecule has 0 fully saturated rings. The Hall–Kier alpha value is -1.05. The zero-order chi connectivity index (χ0) is 13.1. The molecule has 0 bridgehead atoms. The van der Waals surface area contributed by atoms with Crippen molar-refractivity contribution in [3.8, 4) is 0 Å². The van der Waals surface area contributed by atoms with Crippen LogP contribution in [0.1, 0.15) is 18.2 Å². The van der Waals surface area contributed by atoms with E-state index < -0.39 is 15.3 Å². The maximum absolute atomic E-state index is 11.8. The number of thiocarbonyl (C=S) groups is 1. The molecule has 0 aliphatic carbocycles. The highest BCUT2D eigenvalue weighted by Gasteiger charge is 2.22. The standard InChI is InChI=1S/C10H15N3O2S2/c1-7-4-3-5-12-9(7)6-13-17(14,15)8(2)10(11)16/h3-5,8,13H,6H2,1-2H3,(H2,11,16). The van der Waals surface area contributed by atoms with Crippen molar-refractivity contribution < 1.29 is 8.42 Å². The molecule has 94 valence electrons. The van der Waals surface area contributed by atoms with Crippen molar-refractivity contribution in [2.45, 2.75) is 25.6 Å². The van der Waals surface area contributed by atoms with Gasteiger partial charge in [-0.15, -0.1) is 0 Å². The van der Waals surface area contributed by atoms with Crippen LogP contribution in [0.5, 0.6) is 0 Å². The third kappa shape index (κ3) is 3.72. The van der Waals surface area contributed by atoms with Crippen molar-refractivity contribution in [3.05, 3.63) is 29.6 Å². The van der Waals surface area contributed by atoms with E-state index in [1.165, 1.54) is 6.92 Å². The van der Waals surface area contributed by atoms with E-state index in [1.54, 1.807) is 12.3 Å². The average molecular weight is 273 g/mol. The van der Waals surface area contributed by atoms with E-state index >= 15 is 0 Å². The van der Waals surface area contributed by atoms with Crippen LogP contribution in [0.3, 0.4) is 0 Å². The van der Waals surface area contributed by atoms with Crippen LogP contribution in [-0.4, -0.2) is 23.6 Å². The second-order valence-electron chi connectivity index (χ2n) is 3.68. The lowest BCUT2D eigenvalue weighted by atomic mass is 10.2. The molecular weight excluding hydrogens is 258 g/mol. The van der Waals surface area contributed by atoms with Crippen LogP contribution in [0.25, 0.3) is 0 Å². The van der Waals surface area contributed by atoms with Gasteiger partial charge in [0.2, 0.25) is 10.0 Å². The maximum Gasteiger partial charge on any atom is 0.221 e. The minimum absolute atomic E-state index is 0.0461. The molecule has 0 aromatic carbocycles. The minimum Gasteiger partial charge on any atom is -0.392 e. The molecule has 17 heavy (non-hydrogen) atoms. The summed E-state index contributed by atoms with van der Waals surface area (Å²) in [5.41, 5.74) is 6.93. The molecule has 1 atom stereocenters. The Morgan fingerprint density at radius 1 is 1.65 bits per heavy atom. The van der Waals surface area contributed by atoms with Crippen LogP contribution in [0.15, 0.2) is 18.3 Å². The summed E-state index contributed by atoms with van der Waals surface area (Å²) in [6, 6.07) is 3.67. The fourth-order valence-corrected chi connectivity index (χ4v) is 2.42. The number of aryl methyl sites for hydroxylation is 1. The molecule has 1 rings (SSSR count). The van der Waals surface area contributed by atoms with Gasteiger partial charge in [-0.3, -0.25) is 4.98 Å². The molecule has 0 saturated heterocycles. The summed E-state index contributed by atoms with van der Waals surface area (Å²) in [5.74, 6) is 0. The topological polar surface area (TPSA) is 85.1 Å². The number of sulfonamides is 1. The summed E-state index contributed by atoms with van der Waals surface area (Å²) in [6.45, 7) is 3.46. The molecule has 1 aromatic heterocycles. The molecule has 7 heteroatoms. The van der Waals surface area contributed by atoms with Crippen LogP contribution in [0, 0.1) is 6.92 Å². The van der Waals surface area contributed by atoms with Gasteiger partial charge in [-0.05, 0) is 25.5 Å². The van der Waals surface area contributed by atoms with Crippen molar-refractivity contribution in [2.24, 2.45) is 5.73 Å². The first-order valence-electron chi connectivity index (χ1n) is 5.03. The van der Waals surface area contributed by atoms with E-state index in [0.29, 0.717) is 5.69 Å². The van der Waals surface area contributed by atoms with Gasteiger partial charge in [0.25, 0.3) is 0 Å². The highest BCUT2D eigenvalue weighted by Crippen LogP contribution is 2.05. The normalized spacial score (nSPS) is 13.3. The molecule has 0 aliphatic rings. The number of pyridine rings is 1. The third-order valence-corrected chi connectivity index (χ3v) is 4.66. The number of nitrogens with zero attached hydrogens (tertiary/aromatic N) is 1. The first-order valence-corrected chi connectivity index (χ1v) is 6.98. The number of rotatable bonds is 5. The van der Waals surface area contributed by atoms with Crippen molar-refractivity contribution in [3.63, 3.8) is 0 Å². The molecule has 5 nitrogen and oxygen atoms in total. The molecule has 0 saturated carbocycles. The minimum atomic E-state index is -3.53. The molecule has 0 aliphatic heterocycles. The Bertz CT molecular complexity index is 514. The summed E-state index contributed by atoms with van der Waals surface area (Å²) >= 11 is 4.67. The first-order chi connectivity index (χ1) is 7.84. The zero-order valence-corrected chi connectivity index (χ0v) is 11.3. The summed E-state index contributed by atoms with van der Waals surface area (Å²) in [7, 11) is -3.53. The molecule has 0 amide bonds. The van der Waals surface area contributed by atoms with Crippen molar-refractivity contribution in [1.29, 1.82) is 0 Å². The van der Waals surface area contributed by atoms with E-state index in [9.17, 15) is 8.42 Å². The van der Waals surface area contributed by atoms with Crippen LogP contribution < -0.4 is 10.5 Å². The van der Waals surface area contributed by atoms with Gasteiger partial charge in [0.1, 0.15) is 5.25 Å². The number of hydrogen-bond donors (Lipinski definition) is 2. The van der Waals surface area contributed by atoms with Gasteiger partial charge in [-0.25, -0.2) is 13.1 Å². The first kappa shape index (κ1) is 14.0. The molecule has 1 unspecified atom stereocenters. The Morgan fingerprint density at radius 2 is 2.29 bits per heavy atom. The summed E-state index contributed by atoms with van der Waals surface area (Å²) in [5, 5.41) is -0.887. The van der Waals surface area contributed by atoms with Gasteiger partial charge in [0.05, 0.1) is 17.2 Å². The van der Waals surface area contributed by atoms with Crippen LogP contribution in [0.2, 0.25) is 0 Å². The smallest absolute Gasteiger partial charge is 0.221 e. The van der Waals surface area contributed by atoms with Crippen LogP contribution >= 0.6 is 12.2 Å². The highest BCUT2D eigenvalue weighted by molar-refractivity contribution is 7.93. The van der Waals surface area contributed by atoms with E-state index in [2.05, 4.69) is 21.9 Å². The molecule has 1 aromatic rings. The average Bonchev–Trinajstić information content (AvgIpc) is 2.27. The van der Waals surface area contributed by atoms with Gasteiger partial charge < -0.3 is 5.73 Å². The number of nitrogens with two attached hydrogens (primary N) is 1. The van der Waals surface area contributed by atoms with Crippen LogP contribution in [0.4, 0.5) is 0 Å². The van der Waals surface area contributed by atoms with Crippen molar-refractivity contribution in [1.82, 2.24) is 9.71 Å². The quantitative estimate of drug-likeness (QED) is 0.762. The van der Waals surface area contributed by atoms with E-state index in [0.717, 1.165) is 5.56 Å². The van der Waals surface area contributed by atoms with Gasteiger partial charge in [-0.2, -0.15) is 0 Å². The number of nitrogens with one attached hydrogen (secondary N) is 1. The third-order valence-electron chi connectivity index (χ3n) is 2.42. The largest absolute Gasteiger partial charge is 0.392 e. The molecule has 0 radical (unpaired) electrons. The Morgan fingerprint density at radius 3 is 2.82 bits per heavy atom. The van der Waals surface area contributed by atoms with Crippen LogP contribution in [-0.2, 0) is 16.6 Å². The SMILES string of the molecule is Cc1cccnc1CNS(=O)(=O)C(C)C(N)=S. The monoisotopic (exact) mass is 273 g/mol. The molecule has 1 heterocycles. The van der Waals surface area contributed by atoms with E-state index in [4.69, 9.17) is 5.73 Å². The lowest BCUT2D eigenvalue weighted by Crippen LogP contribution is -2.39. The predicted octanol–water partition coefficient (Wildman–Crippen LogP) is 0.484. The predicted molar refractivity (Wildman–Crippen MR) is 71.0 cm³/mol. The van der Waals surface area contributed by atoms with E-state index in [-0.39, 0.29) is 11.5 Å². The van der Waals surface area contributed by atoms with Gasteiger partial charge in [-0.1, -0.05) is 18.3 Å². The van der Waals surface area contributed by atoms with Gasteiger partial charge in [0, 0.05) is 6.20 Å². The van der Waals surface area contributed by atoms with E-state index in [1.807, 2.05) is 13.0 Å². The Balaban J connectivity index is 2.75. The second kappa shape index (κ2) is 5.52. The summed E-state index contributed by atoms with van der Waals surface area (Å²) in [4.78, 5) is 4.05. The summed E-state index contributed by atoms with van der Waals surface area (Å²) < 4.78 is 25.9. The number of hydrogen-bond acceptors (Lipinski definition) is 4. The van der Waals surface area contributed by atoms with Crippen molar-refractivity contribution >= 4 is 27.2 Å². The fourth-order valence-electron chi connectivity index (χ4n) is 1.15. The molecule has 0 spiro atoms. The Labute approximate surface area is 106 Å². The molecule has 3 N–H and O–H groups in total. The maximum atomic E-state index is 11.8. The van der Waals surface area contributed by atoms with Crippen molar-refractivity contribution in [2.75, 3.05) is 0 Å². The number of aromatic nitrogens is 1. The molecular formula is C10H15N3O2S2. The lowest BCUT2D eigenvalue weighted by molar-refractivity contribution is 0.577. The zero-order valence-electron chi connectivity index (χ0n) is 9.67. The second-order valence-corrected chi connectivity index (χ2v) is 6.23.